The lowest BCUT2D eigenvalue weighted by Gasteiger charge is -2.29. The van der Waals surface area contributed by atoms with Crippen LogP contribution < -0.4 is 10.6 Å². The monoisotopic (exact) mass is 258 g/mol. The van der Waals surface area contributed by atoms with E-state index in [1.807, 2.05) is 0 Å². The molecule has 18 heavy (non-hydrogen) atoms. The lowest BCUT2D eigenvalue weighted by molar-refractivity contribution is -0.145. The minimum absolute atomic E-state index is 0.373. The number of nitrogens with one attached hydrogen (secondary N) is 2. The van der Waals surface area contributed by atoms with Crippen LogP contribution >= 0.6 is 0 Å². The quantitative estimate of drug-likeness (QED) is 0.509. The Labute approximate surface area is 107 Å². The van der Waals surface area contributed by atoms with Crippen LogP contribution in [-0.2, 0) is 9.53 Å². The minimum atomic E-state index is -1.10. The molecule has 1 aliphatic carbocycles. The van der Waals surface area contributed by atoms with Crippen LogP contribution in [0.25, 0.3) is 0 Å². The average molecular weight is 258 g/mol. The van der Waals surface area contributed by atoms with Crippen molar-refractivity contribution in [1.82, 2.24) is 10.6 Å². The molecule has 0 bridgehead atoms. The number of aliphatic carboxylic acids is 1. The van der Waals surface area contributed by atoms with Gasteiger partial charge in [-0.2, -0.15) is 0 Å². The van der Waals surface area contributed by atoms with E-state index in [4.69, 9.17) is 4.74 Å². The number of amides is 2. The Morgan fingerprint density at radius 1 is 1.22 bits per heavy atom. The van der Waals surface area contributed by atoms with Crippen molar-refractivity contribution in [3.8, 4) is 0 Å². The molecule has 0 spiro atoms. The first-order chi connectivity index (χ1) is 8.60. The van der Waals surface area contributed by atoms with Crippen LogP contribution in [0.5, 0.6) is 0 Å². The Balaban J connectivity index is 2.55. The van der Waals surface area contributed by atoms with Gasteiger partial charge >= 0.3 is 12.0 Å². The minimum Gasteiger partial charge on any atom is -0.480 e. The van der Waals surface area contributed by atoms with E-state index in [1.165, 1.54) is 0 Å². The molecule has 3 N–H and O–H groups in total. The molecule has 6 heteroatoms. The summed E-state index contributed by atoms with van der Waals surface area (Å²) in [5, 5.41) is 14.6. The van der Waals surface area contributed by atoms with E-state index in [0.29, 0.717) is 26.0 Å². The number of methoxy groups -OCH3 is 1. The summed E-state index contributed by atoms with van der Waals surface area (Å²) >= 11 is 0. The zero-order valence-corrected chi connectivity index (χ0v) is 10.8. The number of carbonyl (C=O) groups excluding carboxylic acids is 1. The molecule has 0 saturated heterocycles. The van der Waals surface area contributed by atoms with Gasteiger partial charge in [-0.05, 0) is 12.8 Å². The fraction of sp³-hybridized carbons (Fsp3) is 0.833. The molecule has 0 aromatic heterocycles. The zero-order valence-electron chi connectivity index (χ0n) is 10.8. The number of urea groups is 1. The Kier molecular flexibility index (Phi) is 5.91. The zero-order chi connectivity index (χ0) is 13.4. The van der Waals surface area contributed by atoms with Crippen molar-refractivity contribution in [1.29, 1.82) is 0 Å². The summed E-state index contributed by atoms with van der Waals surface area (Å²) in [6.45, 7) is 0.783. The molecule has 0 unspecified atom stereocenters. The van der Waals surface area contributed by atoms with Gasteiger partial charge in [0.05, 0.1) is 6.61 Å². The van der Waals surface area contributed by atoms with Crippen LogP contribution in [0.1, 0.15) is 38.5 Å². The molecular formula is C12H22N2O4. The highest BCUT2D eigenvalue weighted by Gasteiger charge is 2.39. The fourth-order valence-corrected chi connectivity index (χ4v) is 2.25. The maximum atomic E-state index is 11.7. The second-order valence-corrected chi connectivity index (χ2v) is 4.68. The number of carbonyl (C=O) groups is 2. The van der Waals surface area contributed by atoms with E-state index in [9.17, 15) is 14.7 Å². The molecule has 0 aliphatic heterocycles. The van der Waals surface area contributed by atoms with Gasteiger partial charge < -0.3 is 20.5 Å². The lowest BCUT2D eigenvalue weighted by Crippen LogP contribution is -2.57. The van der Waals surface area contributed by atoms with Crippen molar-refractivity contribution < 1.29 is 19.4 Å². The standard InChI is InChI=1S/C12H22N2O4/c1-18-9-8-13-11(17)14-12(10(15)16)6-4-2-3-5-7-12/h2-9H2,1H3,(H,15,16)(H2,13,14,17). The fourth-order valence-electron chi connectivity index (χ4n) is 2.25. The summed E-state index contributed by atoms with van der Waals surface area (Å²) in [4.78, 5) is 23.1. The number of hydrogen-bond donors (Lipinski definition) is 3. The van der Waals surface area contributed by atoms with Crippen molar-refractivity contribution >= 4 is 12.0 Å². The second kappa shape index (κ2) is 7.20. The third-order valence-corrected chi connectivity index (χ3v) is 3.31. The van der Waals surface area contributed by atoms with Crippen LogP contribution in [0, 0.1) is 0 Å². The molecule has 1 saturated carbocycles. The van der Waals surface area contributed by atoms with Crippen molar-refractivity contribution in [2.75, 3.05) is 20.3 Å². The molecule has 0 heterocycles. The highest BCUT2D eigenvalue weighted by Crippen LogP contribution is 2.27. The van der Waals surface area contributed by atoms with Gasteiger partial charge in [0.1, 0.15) is 5.54 Å². The number of carboxylic acids is 1. The van der Waals surface area contributed by atoms with Crippen molar-refractivity contribution in [3.63, 3.8) is 0 Å². The van der Waals surface area contributed by atoms with Crippen molar-refractivity contribution in [2.45, 2.75) is 44.1 Å². The summed E-state index contributed by atoms with van der Waals surface area (Å²) in [5.74, 6) is -0.939. The van der Waals surface area contributed by atoms with Gasteiger partial charge in [-0.3, -0.25) is 0 Å². The summed E-state index contributed by atoms with van der Waals surface area (Å²) in [6, 6.07) is -0.434. The summed E-state index contributed by atoms with van der Waals surface area (Å²) in [7, 11) is 1.55. The summed E-state index contributed by atoms with van der Waals surface area (Å²) in [6.07, 6.45) is 4.74. The maximum absolute atomic E-state index is 11.7. The van der Waals surface area contributed by atoms with Gasteiger partial charge in [0.15, 0.2) is 0 Å². The van der Waals surface area contributed by atoms with Gasteiger partial charge in [0.2, 0.25) is 0 Å². The number of carboxylic acid groups (broad SMARTS) is 1. The second-order valence-electron chi connectivity index (χ2n) is 4.68. The third kappa shape index (κ3) is 4.18. The molecule has 6 nitrogen and oxygen atoms in total. The van der Waals surface area contributed by atoms with E-state index < -0.39 is 17.5 Å². The maximum Gasteiger partial charge on any atom is 0.329 e. The van der Waals surface area contributed by atoms with E-state index in [-0.39, 0.29) is 0 Å². The van der Waals surface area contributed by atoms with Gasteiger partial charge in [-0.25, -0.2) is 9.59 Å². The molecule has 0 atom stereocenters. The van der Waals surface area contributed by atoms with E-state index >= 15 is 0 Å². The predicted molar refractivity (Wildman–Crippen MR) is 66.5 cm³/mol. The molecule has 1 aliphatic rings. The van der Waals surface area contributed by atoms with Gasteiger partial charge in [0, 0.05) is 13.7 Å². The van der Waals surface area contributed by atoms with Crippen LogP contribution in [0.15, 0.2) is 0 Å². The molecule has 0 radical (unpaired) electrons. The number of hydrogen-bond acceptors (Lipinski definition) is 3. The highest BCUT2D eigenvalue weighted by atomic mass is 16.5. The van der Waals surface area contributed by atoms with E-state index in [1.54, 1.807) is 7.11 Å². The smallest absolute Gasteiger partial charge is 0.329 e. The Bertz CT molecular complexity index is 286. The van der Waals surface area contributed by atoms with Crippen LogP contribution in [0.3, 0.4) is 0 Å². The Hall–Kier alpha value is -1.30. The largest absolute Gasteiger partial charge is 0.480 e. The van der Waals surface area contributed by atoms with Crippen LogP contribution in [0.2, 0.25) is 0 Å². The first kappa shape index (κ1) is 14.8. The normalized spacial score (nSPS) is 18.7. The molecule has 1 rings (SSSR count). The lowest BCUT2D eigenvalue weighted by atomic mass is 9.90. The summed E-state index contributed by atoms with van der Waals surface area (Å²) < 4.78 is 4.82. The van der Waals surface area contributed by atoms with Gasteiger partial charge in [0.25, 0.3) is 0 Å². The van der Waals surface area contributed by atoms with Crippen molar-refractivity contribution in [2.24, 2.45) is 0 Å². The summed E-state index contributed by atoms with van der Waals surface area (Å²) in [5.41, 5.74) is -1.10. The molecule has 0 aromatic rings. The van der Waals surface area contributed by atoms with Gasteiger partial charge in [-0.15, -0.1) is 0 Å². The highest BCUT2D eigenvalue weighted by molar-refractivity contribution is 5.86. The first-order valence-electron chi connectivity index (χ1n) is 6.39. The number of rotatable bonds is 5. The Morgan fingerprint density at radius 3 is 2.33 bits per heavy atom. The predicted octanol–water partition coefficient (Wildman–Crippen LogP) is 1.11. The molecular weight excluding hydrogens is 236 g/mol. The van der Waals surface area contributed by atoms with Crippen LogP contribution in [-0.4, -0.2) is 42.9 Å². The Morgan fingerprint density at radius 2 is 1.83 bits per heavy atom. The van der Waals surface area contributed by atoms with Gasteiger partial charge in [-0.1, -0.05) is 25.7 Å². The average Bonchev–Trinajstić information content (AvgIpc) is 2.56. The molecule has 2 amide bonds. The van der Waals surface area contributed by atoms with Crippen LogP contribution in [0.4, 0.5) is 4.79 Å². The molecule has 1 fully saturated rings. The first-order valence-corrected chi connectivity index (χ1v) is 6.39. The SMILES string of the molecule is COCCNC(=O)NC1(C(=O)O)CCCCCC1. The molecule has 0 aromatic carbocycles. The molecule has 104 valence electrons. The number of ether oxygens (including phenoxy) is 1. The van der Waals surface area contributed by atoms with Crippen molar-refractivity contribution in [3.05, 3.63) is 0 Å². The van der Waals surface area contributed by atoms with E-state index in [0.717, 1.165) is 25.7 Å². The van der Waals surface area contributed by atoms with E-state index in [2.05, 4.69) is 10.6 Å². The third-order valence-electron chi connectivity index (χ3n) is 3.31. The topological polar surface area (TPSA) is 87.7 Å².